The summed E-state index contributed by atoms with van der Waals surface area (Å²) in [4.78, 5) is 3.39. The lowest BCUT2D eigenvalue weighted by molar-refractivity contribution is 0.119. The van der Waals surface area contributed by atoms with Gasteiger partial charge in [-0.25, -0.2) is 9.24 Å². The fourth-order valence-electron chi connectivity index (χ4n) is 3.18. The Hall–Kier alpha value is -4.61. The van der Waals surface area contributed by atoms with E-state index in [1.165, 1.54) is 6.07 Å². The maximum atomic E-state index is 14.5. The van der Waals surface area contributed by atoms with E-state index in [4.69, 9.17) is 21.3 Å². The molecule has 0 aliphatic rings. The second-order valence-electron chi connectivity index (χ2n) is 6.92. The van der Waals surface area contributed by atoms with Crippen molar-refractivity contribution in [1.29, 1.82) is 5.26 Å². The Morgan fingerprint density at radius 1 is 0.711 bits per heavy atom. The second-order valence-corrected chi connectivity index (χ2v) is 6.92. The molecule has 0 saturated heterocycles. The zero-order valence-electron chi connectivity index (χ0n) is 21.0. The van der Waals surface area contributed by atoms with Gasteiger partial charge in [-0.05, 0) is 53.1 Å². The summed E-state index contributed by atoms with van der Waals surface area (Å²) in [5.41, 5.74) is 4.27. The zero-order valence-corrected chi connectivity index (χ0v) is 21.0. The van der Waals surface area contributed by atoms with Gasteiger partial charge < -0.3 is 9.47 Å². The molecule has 0 N–H and O–H groups in total. The fourth-order valence-corrected chi connectivity index (χ4v) is 3.18. The van der Waals surface area contributed by atoms with Crippen LogP contribution in [0.2, 0.25) is 0 Å². The van der Waals surface area contributed by atoms with E-state index >= 15 is 0 Å². The number of rotatable bonds is 6. The molecule has 0 aliphatic carbocycles. The van der Waals surface area contributed by atoms with Crippen LogP contribution in [-0.4, -0.2) is 6.79 Å². The molecular formula is C33H37FN2O2. The molecule has 0 aliphatic heterocycles. The summed E-state index contributed by atoms with van der Waals surface area (Å²) in [7, 11) is 0. The quantitative estimate of drug-likeness (QED) is 0.191. The molecule has 4 aromatic rings. The van der Waals surface area contributed by atoms with Crippen LogP contribution < -0.4 is 9.47 Å². The van der Waals surface area contributed by atoms with Gasteiger partial charge in [-0.3, -0.25) is 0 Å². The monoisotopic (exact) mass is 512 g/mol. The SMILES string of the molecule is C.C.CC.CC.[C-]#[N+]c1ccc(-c2ccc(OCOc3ccc(-c4ccc(C#N)cc4)c(F)c3)cc2)cc1. The van der Waals surface area contributed by atoms with Crippen molar-refractivity contribution in [2.75, 3.05) is 6.79 Å². The van der Waals surface area contributed by atoms with Crippen molar-refractivity contribution in [2.24, 2.45) is 0 Å². The Kier molecular flexibility index (Phi) is 15.6. The van der Waals surface area contributed by atoms with Gasteiger partial charge in [0, 0.05) is 11.6 Å². The second kappa shape index (κ2) is 17.8. The standard InChI is InChI=1S/C27H17FN2O2.2C2H6.2CH4/c1-30-23-10-6-20(7-11-23)21-8-12-24(13-9-21)31-18-32-25-14-15-26(27(28)16-25)22-4-2-19(17-29)3-5-22;2*1-2;;/h2-16H,18H2;2*1-2H3;2*1H4. The lowest BCUT2D eigenvalue weighted by Gasteiger charge is -2.11. The van der Waals surface area contributed by atoms with E-state index in [9.17, 15) is 4.39 Å². The normalized spacial score (nSPS) is 8.82. The molecule has 4 rings (SSSR count). The smallest absolute Gasteiger partial charge is 0.230 e. The first-order valence-electron chi connectivity index (χ1n) is 11.8. The molecule has 0 aromatic heterocycles. The molecule has 0 bridgehead atoms. The maximum Gasteiger partial charge on any atom is 0.230 e. The lowest BCUT2D eigenvalue weighted by atomic mass is 10.0. The molecule has 4 nitrogen and oxygen atoms in total. The number of nitriles is 1. The molecule has 0 heterocycles. The van der Waals surface area contributed by atoms with Crippen molar-refractivity contribution in [3.05, 3.63) is 114 Å². The number of hydrogen-bond acceptors (Lipinski definition) is 3. The Morgan fingerprint density at radius 2 is 1.18 bits per heavy atom. The Bertz CT molecular complexity index is 1300. The van der Waals surface area contributed by atoms with Gasteiger partial charge in [0.1, 0.15) is 17.3 Å². The van der Waals surface area contributed by atoms with E-state index in [1.807, 2.05) is 70.2 Å². The molecular weight excluding hydrogens is 475 g/mol. The topological polar surface area (TPSA) is 46.6 Å². The van der Waals surface area contributed by atoms with E-state index in [-0.39, 0.29) is 21.6 Å². The molecule has 0 unspecified atom stereocenters. The summed E-state index contributed by atoms with van der Waals surface area (Å²) >= 11 is 0. The van der Waals surface area contributed by atoms with Crippen LogP contribution >= 0.6 is 0 Å². The summed E-state index contributed by atoms with van der Waals surface area (Å²) in [6, 6.07) is 28.3. The van der Waals surface area contributed by atoms with Crippen molar-refractivity contribution in [3.8, 4) is 39.8 Å². The highest BCUT2D eigenvalue weighted by Gasteiger charge is 2.08. The zero-order chi connectivity index (χ0) is 26.3. The minimum Gasteiger partial charge on any atom is -0.458 e. The minimum atomic E-state index is -0.416. The third-order valence-corrected chi connectivity index (χ3v) is 4.90. The van der Waals surface area contributed by atoms with Crippen LogP contribution in [0.1, 0.15) is 48.1 Å². The number of nitrogens with zero attached hydrogens (tertiary/aromatic N) is 2. The van der Waals surface area contributed by atoms with Gasteiger partial charge in [-0.2, -0.15) is 5.26 Å². The van der Waals surface area contributed by atoms with Crippen LogP contribution in [0.3, 0.4) is 0 Å². The molecule has 0 spiro atoms. The molecule has 0 saturated carbocycles. The Labute approximate surface area is 227 Å². The van der Waals surface area contributed by atoms with Gasteiger partial charge in [-0.1, -0.05) is 91.1 Å². The first-order valence-corrected chi connectivity index (χ1v) is 11.8. The molecule has 0 amide bonds. The highest BCUT2D eigenvalue weighted by Crippen LogP contribution is 2.27. The summed E-state index contributed by atoms with van der Waals surface area (Å²) < 4.78 is 25.6. The first kappa shape index (κ1) is 33.4. The molecule has 198 valence electrons. The molecule has 5 heteroatoms. The highest BCUT2D eigenvalue weighted by molar-refractivity contribution is 5.67. The van der Waals surface area contributed by atoms with Gasteiger partial charge in [0.2, 0.25) is 6.79 Å². The summed E-state index contributed by atoms with van der Waals surface area (Å²) in [5, 5.41) is 8.88. The van der Waals surface area contributed by atoms with Gasteiger partial charge >= 0.3 is 0 Å². The van der Waals surface area contributed by atoms with E-state index in [0.717, 1.165) is 11.1 Å². The minimum absolute atomic E-state index is 0. The predicted octanol–water partition coefficient (Wildman–Crippen LogP) is 10.3. The highest BCUT2D eigenvalue weighted by atomic mass is 19.1. The van der Waals surface area contributed by atoms with Gasteiger partial charge in [0.15, 0.2) is 5.69 Å². The third kappa shape index (κ3) is 9.12. The van der Waals surface area contributed by atoms with Crippen LogP contribution in [-0.2, 0) is 0 Å². The average Bonchev–Trinajstić information content (AvgIpc) is 2.96. The van der Waals surface area contributed by atoms with Crippen molar-refractivity contribution < 1.29 is 13.9 Å². The van der Waals surface area contributed by atoms with Crippen LogP contribution in [0.15, 0.2) is 91.0 Å². The fraction of sp³-hybridized carbons (Fsp3) is 0.212. The van der Waals surface area contributed by atoms with Crippen LogP contribution in [0.4, 0.5) is 10.1 Å². The average molecular weight is 513 g/mol. The van der Waals surface area contributed by atoms with Gasteiger partial charge in [0.25, 0.3) is 0 Å². The van der Waals surface area contributed by atoms with Crippen LogP contribution in [0.5, 0.6) is 11.5 Å². The van der Waals surface area contributed by atoms with Crippen LogP contribution in [0.25, 0.3) is 27.1 Å². The number of hydrogen-bond donors (Lipinski definition) is 0. The molecule has 0 atom stereocenters. The number of ether oxygens (including phenoxy) is 2. The summed E-state index contributed by atoms with van der Waals surface area (Å²) in [5.74, 6) is 0.568. The molecule has 0 fully saturated rings. The van der Waals surface area contributed by atoms with Crippen molar-refractivity contribution in [1.82, 2.24) is 0 Å². The van der Waals surface area contributed by atoms with Crippen molar-refractivity contribution in [3.63, 3.8) is 0 Å². The summed E-state index contributed by atoms with van der Waals surface area (Å²) in [6.07, 6.45) is 0. The Balaban J connectivity index is 0.00000218. The molecule has 4 aromatic carbocycles. The van der Waals surface area contributed by atoms with Gasteiger partial charge in [0.05, 0.1) is 18.2 Å². The number of benzene rings is 4. The third-order valence-electron chi connectivity index (χ3n) is 4.90. The molecule has 0 radical (unpaired) electrons. The largest absolute Gasteiger partial charge is 0.458 e. The van der Waals surface area contributed by atoms with Crippen molar-refractivity contribution >= 4 is 5.69 Å². The predicted molar refractivity (Wildman–Crippen MR) is 157 cm³/mol. The first-order chi connectivity index (χ1) is 17.7. The van der Waals surface area contributed by atoms with Crippen molar-refractivity contribution in [2.45, 2.75) is 42.5 Å². The van der Waals surface area contributed by atoms with E-state index in [1.54, 1.807) is 48.5 Å². The van der Waals surface area contributed by atoms with Crippen LogP contribution in [0, 0.1) is 23.7 Å². The van der Waals surface area contributed by atoms with Gasteiger partial charge in [-0.15, -0.1) is 0 Å². The molecule has 38 heavy (non-hydrogen) atoms. The van der Waals surface area contributed by atoms with E-state index < -0.39 is 5.82 Å². The maximum absolute atomic E-state index is 14.5. The Morgan fingerprint density at radius 3 is 1.68 bits per heavy atom. The lowest BCUT2D eigenvalue weighted by Crippen LogP contribution is -2.05. The van der Waals surface area contributed by atoms with E-state index in [2.05, 4.69) is 4.85 Å². The van der Waals surface area contributed by atoms with E-state index in [0.29, 0.717) is 33.9 Å². The summed E-state index contributed by atoms with van der Waals surface area (Å²) in [6.45, 7) is 15.0. The number of halogens is 1.